The predicted octanol–water partition coefficient (Wildman–Crippen LogP) is 3.45. The summed E-state index contributed by atoms with van der Waals surface area (Å²) >= 11 is 0. The van der Waals surface area contributed by atoms with Crippen LogP contribution in [0.5, 0.6) is 0 Å². The van der Waals surface area contributed by atoms with Crippen molar-refractivity contribution in [3.05, 3.63) is 70.6 Å². The first-order valence-electron chi connectivity index (χ1n) is 8.10. The van der Waals surface area contributed by atoms with E-state index in [1.807, 2.05) is 45.0 Å². The minimum atomic E-state index is -1.71. The second-order valence-corrected chi connectivity index (χ2v) is 6.49. The van der Waals surface area contributed by atoms with E-state index >= 15 is 0 Å². The van der Waals surface area contributed by atoms with Crippen LogP contribution < -0.4 is 5.32 Å². The summed E-state index contributed by atoms with van der Waals surface area (Å²) in [6, 6.07) is 12.9. The smallest absolute Gasteiger partial charge is 0.265 e. The lowest BCUT2D eigenvalue weighted by atomic mass is 9.85. The number of carbonyl (C=O) groups is 1. The molecule has 1 aliphatic heterocycles. The van der Waals surface area contributed by atoms with Gasteiger partial charge in [0, 0.05) is 16.8 Å². The Morgan fingerprint density at radius 1 is 1.08 bits per heavy atom. The van der Waals surface area contributed by atoms with E-state index in [2.05, 4.69) is 10.5 Å². The Hall–Kier alpha value is -2.92. The monoisotopic (exact) mass is 334 g/mol. The third-order valence-electron chi connectivity index (χ3n) is 4.78. The second-order valence-electron chi connectivity index (χ2n) is 6.49. The summed E-state index contributed by atoms with van der Waals surface area (Å²) in [6.45, 7) is 5.68. The Morgan fingerprint density at radius 3 is 2.44 bits per heavy atom. The molecule has 0 bridgehead atoms. The van der Waals surface area contributed by atoms with E-state index < -0.39 is 11.5 Å². The fourth-order valence-corrected chi connectivity index (χ4v) is 3.42. The molecule has 2 heterocycles. The number of aliphatic hydroxyl groups is 1. The number of benzene rings is 2. The summed E-state index contributed by atoms with van der Waals surface area (Å²) in [5.74, 6) is 0.260. The molecular formula is C20H18N2O3. The highest BCUT2D eigenvalue weighted by Crippen LogP contribution is 2.43. The number of nitrogens with one attached hydrogen (secondary N) is 1. The van der Waals surface area contributed by atoms with Gasteiger partial charge >= 0.3 is 0 Å². The molecule has 0 aliphatic carbocycles. The number of carbonyl (C=O) groups excluding carboxylic acids is 1. The van der Waals surface area contributed by atoms with Crippen molar-refractivity contribution in [2.45, 2.75) is 26.4 Å². The first-order chi connectivity index (χ1) is 11.9. The van der Waals surface area contributed by atoms with Crippen LogP contribution in [0.25, 0.3) is 11.1 Å². The highest BCUT2D eigenvalue weighted by atomic mass is 16.5. The molecule has 3 aromatic rings. The van der Waals surface area contributed by atoms with Gasteiger partial charge in [0.05, 0.1) is 5.69 Å². The predicted molar refractivity (Wildman–Crippen MR) is 94.2 cm³/mol. The van der Waals surface area contributed by atoms with Crippen LogP contribution in [0.1, 0.15) is 28.1 Å². The molecule has 0 fully saturated rings. The number of hydrogen-bond donors (Lipinski definition) is 2. The van der Waals surface area contributed by atoms with Crippen LogP contribution in [0.2, 0.25) is 0 Å². The molecule has 4 rings (SSSR count). The van der Waals surface area contributed by atoms with Crippen molar-refractivity contribution in [1.29, 1.82) is 0 Å². The number of fused-ring (bicyclic) bond motifs is 1. The molecular weight excluding hydrogens is 316 g/mol. The molecule has 1 unspecified atom stereocenters. The van der Waals surface area contributed by atoms with E-state index in [0.717, 1.165) is 22.4 Å². The molecule has 0 spiro atoms. The minimum absolute atomic E-state index is 0.442. The van der Waals surface area contributed by atoms with Gasteiger partial charge in [-0.1, -0.05) is 41.1 Å². The van der Waals surface area contributed by atoms with Crippen molar-refractivity contribution in [2.75, 3.05) is 5.32 Å². The van der Waals surface area contributed by atoms with Crippen molar-refractivity contribution in [3.8, 4) is 11.1 Å². The molecule has 25 heavy (non-hydrogen) atoms. The maximum absolute atomic E-state index is 12.6. The topological polar surface area (TPSA) is 75.4 Å². The quantitative estimate of drug-likeness (QED) is 0.752. The van der Waals surface area contributed by atoms with E-state index in [0.29, 0.717) is 22.6 Å². The lowest BCUT2D eigenvalue weighted by Gasteiger charge is -2.22. The molecule has 0 saturated heterocycles. The van der Waals surface area contributed by atoms with Crippen LogP contribution in [0.4, 0.5) is 5.69 Å². The zero-order valence-corrected chi connectivity index (χ0v) is 14.3. The van der Waals surface area contributed by atoms with Gasteiger partial charge in [-0.15, -0.1) is 0 Å². The van der Waals surface area contributed by atoms with Crippen LogP contribution in [0.15, 0.2) is 47.0 Å². The molecule has 2 N–H and O–H groups in total. The molecule has 2 aromatic carbocycles. The Labute approximate surface area is 145 Å². The normalized spacial score (nSPS) is 19.0. The number of rotatable bonds is 2. The summed E-state index contributed by atoms with van der Waals surface area (Å²) in [7, 11) is 0. The summed E-state index contributed by atoms with van der Waals surface area (Å²) in [6.07, 6.45) is 0. The molecule has 0 saturated carbocycles. The third-order valence-corrected chi connectivity index (χ3v) is 4.78. The fourth-order valence-electron chi connectivity index (χ4n) is 3.42. The SMILES string of the molecule is Cc1ccc(C2(O)C(=O)Nc3ccc(-c4c(C)noc4C)cc32)cc1. The molecule has 5 nitrogen and oxygen atoms in total. The highest BCUT2D eigenvalue weighted by molar-refractivity contribution is 6.07. The molecule has 1 aromatic heterocycles. The molecule has 1 amide bonds. The summed E-state index contributed by atoms with van der Waals surface area (Å²) < 4.78 is 5.24. The van der Waals surface area contributed by atoms with Gasteiger partial charge in [-0.2, -0.15) is 0 Å². The fraction of sp³-hybridized carbons (Fsp3) is 0.200. The van der Waals surface area contributed by atoms with E-state index in [-0.39, 0.29) is 0 Å². The number of anilines is 1. The van der Waals surface area contributed by atoms with Crippen LogP contribution >= 0.6 is 0 Å². The zero-order chi connectivity index (χ0) is 17.8. The van der Waals surface area contributed by atoms with Crippen LogP contribution in [0, 0.1) is 20.8 Å². The van der Waals surface area contributed by atoms with Crippen molar-refractivity contribution in [3.63, 3.8) is 0 Å². The van der Waals surface area contributed by atoms with Gasteiger partial charge in [-0.05, 0) is 44.0 Å². The van der Waals surface area contributed by atoms with Crippen molar-refractivity contribution >= 4 is 11.6 Å². The number of hydrogen-bond acceptors (Lipinski definition) is 4. The Morgan fingerprint density at radius 2 is 1.80 bits per heavy atom. The third kappa shape index (κ3) is 2.20. The number of aromatic nitrogens is 1. The largest absolute Gasteiger partial charge is 0.372 e. The van der Waals surface area contributed by atoms with Gasteiger partial charge in [0.1, 0.15) is 5.76 Å². The van der Waals surface area contributed by atoms with Gasteiger partial charge in [0.15, 0.2) is 5.60 Å². The Kier molecular flexibility index (Phi) is 3.30. The number of nitrogens with zero attached hydrogens (tertiary/aromatic N) is 1. The van der Waals surface area contributed by atoms with Gasteiger partial charge < -0.3 is 14.9 Å². The number of amides is 1. The van der Waals surface area contributed by atoms with Gasteiger partial charge in [-0.3, -0.25) is 4.79 Å². The Balaban J connectivity index is 1.91. The van der Waals surface area contributed by atoms with Crippen molar-refractivity contribution in [1.82, 2.24) is 5.16 Å². The summed E-state index contributed by atoms with van der Waals surface area (Å²) in [4.78, 5) is 12.6. The van der Waals surface area contributed by atoms with Crippen LogP contribution in [-0.2, 0) is 10.4 Å². The van der Waals surface area contributed by atoms with Crippen molar-refractivity contribution < 1.29 is 14.4 Å². The summed E-state index contributed by atoms with van der Waals surface area (Å²) in [5.41, 5.74) is 3.57. The van der Waals surface area contributed by atoms with Gasteiger partial charge in [-0.25, -0.2) is 0 Å². The second kappa shape index (κ2) is 5.29. The van der Waals surface area contributed by atoms with Crippen LogP contribution in [0.3, 0.4) is 0 Å². The van der Waals surface area contributed by atoms with Crippen LogP contribution in [-0.4, -0.2) is 16.2 Å². The maximum Gasteiger partial charge on any atom is 0.265 e. The van der Waals surface area contributed by atoms with E-state index in [1.165, 1.54) is 0 Å². The molecule has 126 valence electrons. The van der Waals surface area contributed by atoms with Crippen molar-refractivity contribution in [2.24, 2.45) is 0 Å². The minimum Gasteiger partial charge on any atom is -0.372 e. The van der Waals surface area contributed by atoms with E-state index in [9.17, 15) is 9.90 Å². The lowest BCUT2D eigenvalue weighted by molar-refractivity contribution is -0.129. The summed E-state index contributed by atoms with van der Waals surface area (Å²) in [5, 5.41) is 18.0. The Bertz CT molecular complexity index is 969. The standard InChI is InChI=1S/C20H18N2O3/c1-11-4-7-15(8-5-11)20(24)16-10-14(6-9-17(16)21-19(20)23)18-12(2)22-25-13(18)3/h4-10,24H,1-3H3,(H,21,23). The van der Waals surface area contributed by atoms with E-state index in [1.54, 1.807) is 18.2 Å². The molecule has 0 radical (unpaired) electrons. The zero-order valence-electron chi connectivity index (χ0n) is 14.3. The molecule has 1 atom stereocenters. The average Bonchev–Trinajstić information content (AvgIpc) is 3.06. The van der Waals surface area contributed by atoms with Gasteiger partial charge in [0.25, 0.3) is 5.91 Å². The molecule has 5 heteroatoms. The van der Waals surface area contributed by atoms with Gasteiger partial charge in [0.2, 0.25) is 0 Å². The molecule has 1 aliphatic rings. The first-order valence-corrected chi connectivity index (χ1v) is 8.10. The maximum atomic E-state index is 12.6. The first kappa shape index (κ1) is 15.6. The average molecular weight is 334 g/mol. The lowest BCUT2D eigenvalue weighted by Crippen LogP contribution is -2.35. The number of aryl methyl sites for hydroxylation is 3. The van der Waals surface area contributed by atoms with E-state index in [4.69, 9.17) is 4.52 Å². The highest BCUT2D eigenvalue weighted by Gasteiger charge is 2.47.